The van der Waals surface area contributed by atoms with Crippen LogP contribution in [0.25, 0.3) is 0 Å². The summed E-state index contributed by atoms with van der Waals surface area (Å²) in [6.45, 7) is 8.00. The summed E-state index contributed by atoms with van der Waals surface area (Å²) < 4.78 is 0. The third-order valence-corrected chi connectivity index (χ3v) is 4.55. The number of hydrogen-bond acceptors (Lipinski definition) is 2. The normalized spacial score (nSPS) is 27.8. The molecule has 0 spiro atoms. The summed E-state index contributed by atoms with van der Waals surface area (Å²) in [5.74, 6) is 0. The Balaban J connectivity index is 2.65. The van der Waals surface area contributed by atoms with Crippen molar-refractivity contribution in [1.29, 1.82) is 0 Å². The maximum Gasteiger partial charge on any atom is 0.0695 e. The molecule has 2 nitrogen and oxygen atoms in total. The Kier molecular flexibility index (Phi) is 7.92. The van der Waals surface area contributed by atoms with Gasteiger partial charge in [-0.05, 0) is 39.2 Å². The highest BCUT2D eigenvalue weighted by Gasteiger charge is 2.28. The molecule has 3 unspecified atom stereocenters. The first kappa shape index (κ1) is 16.0. The molecule has 1 rings (SSSR count). The van der Waals surface area contributed by atoms with Gasteiger partial charge in [0, 0.05) is 12.1 Å². The minimum absolute atomic E-state index is 0.101. The van der Waals surface area contributed by atoms with Gasteiger partial charge in [0.1, 0.15) is 0 Å². The molecule has 0 aromatic heterocycles. The molecule has 0 saturated heterocycles. The van der Waals surface area contributed by atoms with E-state index in [0.29, 0.717) is 12.1 Å². The van der Waals surface area contributed by atoms with E-state index in [1.54, 1.807) is 0 Å². The van der Waals surface area contributed by atoms with Gasteiger partial charge < -0.3 is 5.11 Å². The summed E-state index contributed by atoms with van der Waals surface area (Å²) in [6.07, 6.45) is 10.9. The number of aliphatic hydroxyl groups excluding tert-OH is 1. The second-order valence-electron chi connectivity index (χ2n) is 5.97. The van der Waals surface area contributed by atoms with Crippen LogP contribution in [0.5, 0.6) is 0 Å². The van der Waals surface area contributed by atoms with Crippen LogP contribution in [0.2, 0.25) is 0 Å². The molecule has 108 valence electrons. The molecule has 0 aromatic rings. The molecule has 1 fully saturated rings. The van der Waals surface area contributed by atoms with Gasteiger partial charge in [-0.25, -0.2) is 0 Å². The summed E-state index contributed by atoms with van der Waals surface area (Å²) in [5.41, 5.74) is 0. The zero-order valence-corrected chi connectivity index (χ0v) is 12.7. The number of nitrogens with zero attached hydrogens (tertiary/aromatic N) is 1. The van der Waals surface area contributed by atoms with Gasteiger partial charge in [0.05, 0.1) is 6.10 Å². The molecule has 3 atom stereocenters. The number of unbranched alkanes of at least 4 members (excludes halogenated alkanes) is 1. The van der Waals surface area contributed by atoms with Crippen molar-refractivity contribution in [2.24, 2.45) is 0 Å². The standard InChI is InChI=1S/C16H33NO/c1-4-6-13-17(14(3)5-2)15-11-9-7-8-10-12-16(15)18/h14-16,18H,4-13H2,1-3H3. The van der Waals surface area contributed by atoms with Crippen LogP contribution in [0.1, 0.15) is 78.6 Å². The van der Waals surface area contributed by atoms with Crippen LogP contribution in [0.3, 0.4) is 0 Å². The van der Waals surface area contributed by atoms with Gasteiger partial charge in [-0.1, -0.05) is 46.0 Å². The Morgan fingerprint density at radius 2 is 1.78 bits per heavy atom. The topological polar surface area (TPSA) is 23.5 Å². The monoisotopic (exact) mass is 255 g/mol. The van der Waals surface area contributed by atoms with E-state index in [2.05, 4.69) is 25.7 Å². The molecule has 18 heavy (non-hydrogen) atoms. The van der Waals surface area contributed by atoms with Crippen molar-refractivity contribution < 1.29 is 5.11 Å². The number of rotatable bonds is 6. The Morgan fingerprint density at radius 1 is 1.11 bits per heavy atom. The minimum Gasteiger partial charge on any atom is -0.391 e. The summed E-state index contributed by atoms with van der Waals surface area (Å²) in [7, 11) is 0. The lowest BCUT2D eigenvalue weighted by Crippen LogP contribution is -2.48. The molecule has 0 heterocycles. The van der Waals surface area contributed by atoms with Crippen LogP contribution in [0, 0.1) is 0 Å². The van der Waals surface area contributed by atoms with E-state index in [0.717, 1.165) is 13.0 Å². The Morgan fingerprint density at radius 3 is 2.39 bits per heavy atom. The van der Waals surface area contributed by atoms with Gasteiger partial charge in [-0.15, -0.1) is 0 Å². The minimum atomic E-state index is -0.101. The quantitative estimate of drug-likeness (QED) is 0.776. The van der Waals surface area contributed by atoms with Crippen molar-refractivity contribution in [3.63, 3.8) is 0 Å². The van der Waals surface area contributed by atoms with Gasteiger partial charge in [0.2, 0.25) is 0 Å². The Bertz CT molecular complexity index is 205. The van der Waals surface area contributed by atoms with Crippen LogP contribution in [-0.2, 0) is 0 Å². The largest absolute Gasteiger partial charge is 0.391 e. The molecule has 0 aromatic carbocycles. The molecule has 1 saturated carbocycles. The van der Waals surface area contributed by atoms with E-state index in [-0.39, 0.29) is 6.10 Å². The lowest BCUT2D eigenvalue weighted by molar-refractivity contribution is 0.0104. The molecule has 0 amide bonds. The predicted molar refractivity (Wildman–Crippen MR) is 78.9 cm³/mol. The molecule has 1 aliphatic rings. The van der Waals surface area contributed by atoms with Crippen LogP contribution >= 0.6 is 0 Å². The summed E-state index contributed by atoms with van der Waals surface area (Å²) in [6, 6.07) is 1.02. The predicted octanol–water partition coefficient (Wildman–Crippen LogP) is 3.97. The molecule has 0 bridgehead atoms. The third-order valence-electron chi connectivity index (χ3n) is 4.55. The molecule has 2 heteroatoms. The van der Waals surface area contributed by atoms with Crippen molar-refractivity contribution in [2.75, 3.05) is 6.54 Å². The molecule has 0 aliphatic heterocycles. The number of aliphatic hydroxyl groups is 1. The fraction of sp³-hybridized carbons (Fsp3) is 1.00. The fourth-order valence-corrected chi connectivity index (χ4v) is 3.12. The average molecular weight is 255 g/mol. The molecular formula is C16H33NO. The van der Waals surface area contributed by atoms with E-state index in [4.69, 9.17) is 0 Å². The lowest BCUT2D eigenvalue weighted by atomic mass is 9.92. The van der Waals surface area contributed by atoms with E-state index in [9.17, 15) is 5.11 Å². The van der Waals surface area contributed by atoms with E-state index in [1.807, 2.05) is 0 Å². The van der Waals surface area contributed by atoms with Crippen molar-refractivity contribution in [2.45, 2.75) is 96.7 Å². The smallest absolute Gasteiger partial charge is 0.0695 e. The van der Waals surface area contributed by atoms with Crippen LogP contribution in [0.4, 0.5) is 0 Å². The maximum absolute atomic E-state index is 10.4. The number of hydrogen-bond donors (Lipinski definition) is 1. The van der Waals surface area contributed by atoms with E-state index >= 15 is 0 Å². The second-order valence-corrected chi connectivity index (χ2v) is 5.97. The highest BCUT2D eigenvalue weighted by Crippen LogP contribution is 2.24. The molecule has 1 aliphatic carbocycles. The van der Waals surface area contributed by atoms with E-state index in [1.165, 1.54) is 51.4 Å². The average Bonchev–Trinajstić information content (AvgIpc) is 2.36. The SMILES string of the molecule is CCCCN(C(C)CC)C1CCCCCCC1O. The van der Waals surface area contributed by atoms with Gasteiger partial charge in [-0.3, -0.25) is 4.90 Å². The Hall–Kier alpha value is -0.0800. The van der Waals surface area contributed by atoms with Gasteiger partial charge in [0.15, 0.2) is 0 Å². The fourth-order valence-electron chi connectivity index (χ4n) is 3.12. The molecular weight excluding hydrogens is 222 g/mol. The van der Waals surface area contributed by atoms with Gasteiger partial charge in [0.25, 0.3) is 0 Å². The van der Waals surface area contributed by atoms with E-state index < -0.39 is 0 Å². The van der Waals surface area contributed by atoms with Gasteiger partial charge >= 0.3 is 0 Å². The molecule has 1 N–H and O–H groups in total. The Labute approximate surface area is 114 Å². The molecule has 0 radical (unpaired) electrons. The van der Waals surface area contributed by atoms with Gasteiger partial charge in [-0.2, -0.15) is 0 Å². The third kappa shape index (κ3) is 4.89. The zero-order chi connectivity index (χ0) is 13.4. The van der Waals surface area contributed by atoms with Crippen LogP contribution < -0.4 is 0 Å². The van der Waals surface area contributed by atoms with Crippen molar-refractivity contribution in [3.05, 3.63) is 0 Å². The van der Waals surface area contributed by atoms with Crippen LogP contribution in [0.15, 0.2) is 0 Å². The summed E-state index contributed by atoms with van der Waals surface area (Å²) in [4.78, 5) is 2.60. The summed E-state index contributed by atoms with van der Waals surface area (Å²) >= 11 is 0. The lowest BCUT2D eigenvalue weighted by Gasteiger charge is -2.40. The summed E-state index contributed by atoms with van der Waals surface area (Å²) in [5, 5.41) is 10.4. The first-order chi connectivity index (χ1) is 8.70. The van der Waals surface area contributed by atoms with Crippen LogP contribution in [-0.4, -0.2) is 34.7 Å². The van der Waals surface area contributed by atoms with Crippen molar-refractivity contribution >= 4 is 0 Å². The van der Waals surface area contributed by atoms with Crippen molar-refractivity contribution in [3.8, 4) is 0 Å². The first-order valence-corrected chi connectivity index (χ1v) is 8.14. The maximum atomic E-state index is 10.4. The zero-order valence-electron chi connectivity index (χ0n) is 12.7. The van der Waals surface area contributed by atoms with Crippen molar-refractivity contribution in [1.82, 2.24) is 4.90 Å². The highest BCUT2D eigenvalue weighted by atomic mass is 16.3. The first-order valence-electron chi connectivity index (χ1n) is 8.14. The highest BCUT2D eigenvalue weighted by molar-refractivity contribution is 4.83. The second kappa shape index (κ2) is 8.92.